The number of H-pyrrole nitrogens is 1. The molecule has 33 heavy (non-hydrogen) atoms. The Kier molecular flexibility index (Phi) is 4.73. The number of rotatable bonds is 6. The molecule has 1 aromatic carbocycles. The molecule has 0 atom stereocenters. The van der Waals surface area contributed by atoms with Crippen LogP contribution in [0.15, 0.2) is 42.9 Å². The molecule has 1 saturated heterocycles. The minimum absolute atomic E-state index is 0.0334. The first-order chi connectivity index (χ1) is 16.0. The third-order valence-corrected chi connectivity index (χ3v) is 7.80. The first-order valence-corrected chi connectivity index (χ1v) is 12.9. The molecule has 0 spiro atoms. The third kappa shape index (κ3) is 3.68. The van der Waals surface area contributed by atoms with Crippen LogP contribution < -0.4 is 4.74 Å². The summed E-state index contributed by atoms with van der Waals surface area (Å²) >= 11 is 0. The molecule has 6 rings (SSSR count). The number of benzene rings is 1. The maximum absolute atomic E-state index is 11.6. The Balaban J connectivity index is 1.18. The van der Waals surface area contributed by atoms with Crippen molar-refractivity contribution in [3.8, 4) is 17.0 Å². The minimum atomic E-state index is -3.15. The second kappa shape index (κ2) is 7.67. The SMILES string of the molecule is CS(=O)(=O)N1CC(n2cc(-c3n[nH]c4cc(OCc5cccc6c5CCC6)cnc34)cn2)C1. The first kappa shape index (κ1) is 20.4. The van der Waals surface area contributed by atoms with Gasteiger partial charge < -0.3 is 4.74 Å². The normalized spacial score (nSPS) is 16.8. The van der Waals surface area contributed by atoms with E-state index in [2.05, 4.69) is 38.5 Å². The summed E-state index contributed by atoms with van der Waals surface area (Å²) in [5.41, 5.74) is 7.19. The molecule has 4 aromatic rings. The molecule has 2 aliphatic rings. The standard InChI is InChI=1S/C23H24N6O3S/c1-33(30,31)28-12-18(13-28)29-11-17(9-25-29)22-23-21(26-27-22)8-19(10-24-23)32-14-16-6-2-4-15-5-3-7-20(15)16/h2,4,6,8-11,18H,3,5,7,12-14H2,1H3,(H,26,27). The second-order valence-corrected chi connectivity index (χ2v) is 10.8. The van der Waals surface area contributed by atoms with E-state index in [1.165, 1.54) is 33.7 Å². The number of ether oxygens (including phenoxy) is 1. The zero-order chi connectivity index (χ0) is 22.6. The van der Waals surface area contributed by atoms with Crippen molar-refractivity contribution in [2.45, 2.75) is 31.9 Å². The highest BCUT2D eigenvalue weighted by Crippen LogP contribution is 2.30. The Morgan fingerprint density at radius 2 is 2.09 bits per heavy atom. The average molecular weight is 465 g/mol. The number of aryl methyl sites for hydroxylation is 1. The van der Waals surface area contributed by atoms with E-state index >= 15 is 0 Å². The quantitative estimate of drug-likeness (QED) is 0.470. The van der Waals surface area contributed by atoms with Crippen molar-refractivity contribution < 1.29 is 13.2 Å². The summed E-state index contributed by atoms with van der Waals surface area (Å²) in [4.78, 5) is 4.59. The van der Waals surface area contributed by atoms with E-state index < -0.39 is 10.0 Å². The highest BCUT2D eigenvalue weighted by atomic mass is 32.2. The number of hydrogen-bond acceptors (Lipinski definition) is 6. The number of nitrogens with one attached hydrogen (secondary N) is 1. The van der Waals surface area contributed by atoms with E-state index in [1.54, 1.807) is 17.1 Å². The van der Waals surface area contributed by atoms with E-state index in [9.17, 15) is 8.42 Å². The molecule has 0 unspecified atom stereocenters. The van der Waals surface area contributed by atoms with Crippen LogP contribution >= 0.6 is 0 Å². The molecule has 0 amide bonds. The lowest BCUT2D eigenvalue weighted by Gasteiger charge is -2.36. The summed E-state index contributed by atoms with van der Waals surface area (Å²) in [5, 5.41) is 11.9. The van der Waals surface area contributed by atoms with Gasteiger partial charge in [-0.25, -0.2) is 13.4 Å². The molecule has 4 heterocycles. The van der Waals surface area contributed by atoms with Gasteiger partial charge in [0, 0.05) is 30.9 Å². The molecule has 3 aromatic heterocycles. The van der Waals surface area contributed by atoms with Gasteiger partial charge in [0.15, 0.2) is 0 Å². The van der Waals surface area contributed by atoms with Crippen molar-refractivity contribution in [1.29, 1.82) is 0 Å². The third-order valence-electron chi connectivity index (χ3n) is 6.56. The van der Waals surface area contributed by atoms with Crippen LogP contribution in [0.4, 0.5) is 0 Å². The molecule has 1 aliphatic heterocycles. The van der Waals surface area contributed by atoms with Gasteiger partial charge in [-0.15, -0.1) is 0 Å². The zero-order valence-electron chi connectivity index (χ0n) is 18.2. The summed E-state index contributed by atoms with van der Waals surface area (Å²) in [6.07, 6.45) is 10.1. The van der Waals surface area contributed by atoms with Gasteiger partial charge in [-0.1, -0.05) is 18.2 Å². The van der Waals surface area contributed by atoms with E-state index in [-0.39, 0.29) is 6.04 Å². The largest absolute Gasteiger partial charge is 0.487 e. The smallest absolute Gasteiger partial charge is 0.211 e. The fraction of sp³-hybridized carbons (Fsp3) is 0.348. The molecule has 0 radical (unpaired) electrons. The van der Waals surface area contributed by atoms with E-state index in [0.717, 1.165) is 29.4 Å². The van der Waals surface area contributed by atoms with Crippen molar-refractivity contribution in [2.24, 2.45) is 0 Å². The monoisotopic (exact) mass is 464 g/mol. The maximum atomic E-state index is 11.6. The molecular formula is C23H24N6O3S. The van der Waals surface area contributed by atoms with Crippen molar-refractivity contribution in [3.63, 3.8) is 0 Å². The molecule has 1 aliphatic carbocycles. The van der Waals surface area contributed by atoms with Crippen molar-refractivity contribution in [1.82, 2.24) is 29.3 Å². The molecule has 10 heteroatoms. The molecule has 1 N–H and O–H groups in total. The number of sulfonamides is 1. The van der Waals surface area contributed by atoms with E-state index in [0.29, 0.717) is 31.1 Å². The van der Waals surface area contributed by atoms with Crippen LogP contribution in [0.5, 0.6) is 5.75 Å². The highest BCUT2D eigenvalue weighted by Gasteiger charge is 2.35. The van der Waals surface area contributed by atoms with Gasteiger partial charge in [0.1, 0.15) is 23.6 Å². The summed E-state index contributed by atoms with van der Waals surface area (Å²) in [6.45, 7) is 1.39. The fourth-order valence-corrected chi connectivity index (χ4v) is 5.56. The van der Waals surface area contributed by atoms with Gasteiger partial charge in [0.2, 0.25) is 10.0 Å². The zero-order valence-corrected chi connectivity index (χ0v) is 19.0. The van der Waals surface area contributed by atoms with Gasteiger partial charge in [-0.05, 0) is 36.0 Å². The van der Waals surface area contributed by atoms with Gasteiger partial charge in [0.05, 0.1) is 30.2 Å². The van der Waals surface area contributed by atoms with Crippen LogP contribution in [0.1, 0.15) is 29.2 Å². The van der Waals surface area contributed by atoms with Crippen molar-refractivity contribution in [3.05, 3.63) is 59.5 Å². The van der Waals surface area contributed by atoms with Gasteiger partial charge in [-0.2, -0.15) is 14.5 Å². The lowest BCUT2D eigenvalue weighted by atomic mass is 10.0. The Morgan fingerprint density at radius 1 is 1.21 bits per heavy atom. The summed E-state index contributed by atoms with van der Waals surface area (Å²) in [6, 6.07) is 8.40. The topological polar surface area (TPSA) is 106 Å². The van der Waals surface area contributed by atoms with Gasteiger partial charge in [-0.3, -0.25) is 9.78 Å². The van der Waals surface area contributed by atoms with E-state index in [4.69, 9.17) is 4.74 Å². The Bertz CT molecular complexity index is 1450. The Morgan fingerprint density at radius 3 is 2.94 bits per heavy atom. The van der Waals surface area contributed by atoms with E-state index in [1.807, 2.05) is 12.3 Å². The van der Waals surface area contributed by atoms with Gasteiger partial charge >= 0.3 is 0 Å². The Labute approximate surface area is 191 Å². The van der Waals surface area contributed by atoms with Crippen LogP contribution in [0.2, 0.25) is 0 Å². The fourth-order valence-electron chi connectivity index (χ4n) is 4.68. The molecule has 0 saturated carbocycles. The lowest BCUT2D eigenvalue weighted by Crippen LogP contribution is -2.50. The van der Waals surface area contributed by atoms with Gasteiger partial charge in [0.25, 0.3) is 0 Å². The number of aromatic nitrogens is 5. The molecule has 9 nitrogen and oxygen atoms in total. The molecule has 0 bridgehead atoms. The molecule has 170 valence electrons. The van der Waals surface area contributed by atoms with Crippen LogP contribution in [0, 0.1) is 0 Å². The van der Waals surface area contributed by atoms with Crippen LogP contribution in [-0.2, 0) is 29.5 Å². The number of aromatic amines is 1. The summed E-state index contributed by atoms with van der Waals surface area (Å²) in [5.74, 6) is 0.694. The predicted molar refractivity (Wildman–Crippen MR) is 123 cm³/mol. The molecular weight excluding hydrogens is 440 g/mol. The number of hydrogen-bond donors (Lipinski definition) is 1. The van der Waals surface area contributed by atoms with Crippen molar-refractivity contribution >= 4 is 21.1 Å². The van der Waals surface area contributed by atoms with Crippen LogP contribution in [-0.4, -0.2) is 57.0 Å². The molecule has 1 fully saturated rings. The summed E-state index contributed by atoms with van der Waals surface area (Å²) in [7, 11) is -3.15. The highest BCUT2D eigenvalue weighted by molar-refractivity contribution is 7.88. The Hall–Kier alpha value is -3.24. The van der Waals surface area contributed by atoms with Crippen LogP contribution in [0.25, 0.3) is 22.3 Å². The average Bonchev–Trinajstić information content (AvgIpc) is 3.48. The lowest BCUT2D eigenvalue weighted by molar-refractivity contribution is 0.192. The van der Waals surface area contributed by atoms with Crippen LogP contribution in [0.3, 0.4) is 0 Å². The number of pyridine rings is 1. The number of fused-ring (bicyclic) bond motifs is 2. The van der Waals surface area contributed by atoms with Crippen molar-refractivity contribution in [2.75, 3.05) is 19.3 Å². The second-order valence-electron chi connectivity index (χ2n) is 8.78. The predicted octanol–water partition coefficient (Wildman–Crippen LogP) is 2.71. The first-order valence-electron chi connectivity index (χ1n) is 11.0. The maximum Gasteiger partial charge on any atom is 0.211 e. The number of nitrogens with zero attached hydrogens (tertiary/aromatic N) is 5. The summed E-state index contributed by atoms with van der Waals surface area (Å²) < 4.78 is 32.5. The minimum Gasteiger partial charge on any atom is -0.487 e.